The van der Waals surface area contributed by atoms with E-state index in [1.165, 1.54) is 64.9 Å². The molecule has 0 aliphatic carbocycles. The van der Waals surface area contributed by atoms with Crippen molar-refractivity contribution in [2.45, 2.75) is 104 Å². The first kappa shape index (κ1) is 24.7. The molecule has 4 heteroatoms. The summed E-state index contributed by atoms with van der Waals surface area (Å²) in [6.45, 7) is 6.05. The molecular weight excluding hydrogens is 326 g/mol. The highest BCUT2D eigenvalue weighted by Crippen LogP contribution is 2.10. The maximum absolute atomic E-state index is 12.0. The van der Waals surface area contributed by atoms with Gasteiger partial charge in [-0.15, -0.1) is 0 Å². The molecule has 0 radical (unpaired) electrons. The number of nitrogens with one attached hydrogen (secondary N) is 1. The normalized spacial score (nSPS) is 12.5. The van der Waals surface area contributed by atoms with Crippen LogP contribution in [0, 0.1) is 5.92 Å². The van der Waals surface area contributed by atoms with E-state index in [0.717, 1.165) is 12.8 Å². The molecule has 0 aromatic carbocycles. The van der Waals surface area contributed by atoms with Crippen molar-refractivity contribution in [3.8, 4) is 0 Å². The van der Waals surface area contributed by atoms with Gasteiger partial charge in [-0.05, 0) is 38.0 Å². The topological polar surface area (TPSA) is 55.4 Å². The fourth-order valence-corrected chi connectivity index (χ4v) is 2.87. The predicted octanol–water partition coefficient (Wildman–Crippen LogP) is 5.56. The largest absolute Gasteiger partial charge is 0.467 e. The number of methoxy groups -OCH3 is 1. The van der Waals surface area contributed by atoms with E-state index in [9.17, 15) is 9.59 Å². The van der Waals surface area contributed by atoms with Gasteiger partial charge in [0.2, 0.25) is 5.91 Å². The quantitative estimate of drug-likeness (QED) is 0.221. The van der Waals surface area contributed by atoms with Gasteiger partial charge >= 0.3 is 5.97 Å². The zero-order valence-corrected chi connectivity index (χ0v) is 17.5. The van der Waals surface area contributed by atoms with Gasteiger partial charge in [-0.3, -0.25) is 4.79 Å². The van der Waals surface area contributed by atoms with Crippen LogP contribution in [0.5, 0.6) is 0 Å². The first-order valence-electron chi connectivity index (χ1n) is 10.5. The zero-order valence-electron chi connectivity index (χ0n) is 17.5. The molecule has 0 aliphatic rings. The predicted molar refractivity (Wildman–Crippen MR) is 109 cm³/mol. The van der Waals surface area contributed by atoms with Crippen molar-refractivity contribution in [2.75, 3.05) is 7.11 Å². The van der Waals surface area contributed by atoms with Crippen LogP contribution < -0.4 is 5.32 Å². The third-order valence-electron chi connectivity index (χ3n) is 4.60. The molecule has 0 aromatic heterocycles. The lowest BCUT2D eigenvalue weighted by molar-refractivity contribution is -0.146. The highest BCUT2D eigenvalue weighted by Gasteiger charge is 2.24. The maximum Gasteiger partial charge on any atom is 0.328 e. The summed E-state index contributed by atoms with van der Waals surface area (Å²) >= 11 is 0. The van der Waals surface area contributed by atoms with Crippen LogP contribution in [-0.4, -0.2) is 25.0 Å². The number of amides is 1. The van der Waals surface area contributed by atoms with Gasteiger partial charge in [-0.2, -0.15) is 0 Å². The number of carbonyl (C=O) groups excluding carboxylic acids is 2. The van der Waals surface area contributed by atoms with Crippen molar-refractivity contribution in [1.82, 2.24) is 5.32 Å². The van der Waals surface area contributed by atoms with E-state index in [2.05, 4.69) is 24.4 Å². The van der Waals surface area contributed by atoms with E-state index in [-0.39, 0.29) is 17.8 Å². The highest BCUT2D eigenvalue weighted by molar-refractivity contribution is 5.84. The van der Waals surface area contributed by atoms with Crippen LogP contribution in [-0.2, 0) is 14.3 Å². The van der Waals surface area contributed by atoms with Crippen molar-refractivity contribution in [3.05, 3.63) is 12.2 Å². The zero-order chi connectivity index (χ0) is 19.6. The van der Waals surface area contributed by atoms with Crippen LogP contribution in [0.1, 0.15) is 97.8 Å². The van der Waals surface area contributed by atoms with E-state index >= 15 is 0 Å². The number of hydrogen-bond donors (Lipinski definition) is 1. The van der Waals surface area contributed by atoms with Crippen LogP contribution in [0.3, 0.4) is 0 Å². The summed E-state index contributed by atoms with van der Waals surface area (Å²) in [4.78, 5) is 23.6. The second-order valence-corrected chi connectivity index (χ2v) is 7.44. The molecule has 0 aromatic rings. The average Bonchev–Trinajstić information content (AvgIpc) is 2.62. The molecule has 4 nitrogen and oxygen atoms in total. The van der Waals surface area contributed by atoms with E-state index in [4.69, 9.17) is 4.74 Å². The number of ether oxygens (including phenoxy) is 1. The first-order chi connectivity index (χ1) is 12.5. The second kappa shape index (κ2) is 17.1. The lowest BCUT2D eigenvalue weighted by Gasteiger charge is -2.19. The molecule has 0 bridgehead atoms. The van der Waals surface area contributed by atoms with E-state index in [1.54, 1.807) is 0 Å². The Labute approximate surface area is 161 Å². The molecule has 0 rings (SSSR count). The lowest BCUT2D eigenvalue weighted by Crippen LogP contribution is -2.44. The fraction of sp³-hybridized carbons (Fsp3) is 0.818. The summed E-state index contributed by atoms with van der Waals surface area (Å²) in [6, 6.07) is -0.541. The van der Waals surface area contributed by atoms with E-state index in [1.807, 2.05) is 13.8 Å². The number of unbranched alkanes of at least 4 members (excludes halogenated alkanes) is 9. The molecule has 1 atom stereocenters. The SMILES string of the molecule is CCCCCC/C=C\CCCCCCCC(=O)NC(C(=O)OC)C(C)C. The van der Waals surface area contributed by atoms with Gasteiger partial charge in [0.25, 0.3) is 0 Å². The molecule has 0 saturated heterocycles. The third kappa shape index (κ3) is 13.9. The molecule has 1 amide bonds. The van der Waals surface area contributed by atoms with Crippen molar-refractivity contribution in [3.63, 3.8) is 0 Å². The monoisotopic (exact) mass is 367 g/mol. The molecule has 1 N–H and O–H groups in total. The molecule has 26 heavy (non-hydrogen) atoms. The Hall–Kier alpha value is -1.32. The van der Waals surface area contributed by atoms with Gasteiger partial charge < -0.3 is 10.1 Å². The van der Waals surface area contributed by atoms with Crippen molar-refractivity contribution >= 4 is 11.9 Å². The Kier molecular flexibility index (Phi) is 16.2. The molecule has 0 spiro atoms. The summed E-state index contributed by atoms with van der Waals surface area (Å²) in [5.41, 5.74) is 0. The van der Waals surface area contributed by atoms with Crippen LogP contribution >= 0.6 is 0 Å². The summed E-state index contributed by atoms with van der Waals surface area (Å²) in [5.74, 6) is -0.391. The maximum atomic E-state index is 12.0. The molecule has 0 fully saturated rings. The second-order valence-electron chi connectivity index (χ2n) is 7.44. The number of rotatable bonds is 16. The standard InChI is InChI=1S/C22H41NO3/c1-5-6-7-8-9-10-11-12-13-14-15-16-17-18-20(24)23-21(19(2)3)22(25)26-4/h10-11,19,21H,5-9,12-18H2,1-4H3,(H,23,24)/b11-10-. The number of esters is 1. The van der Waals surface area contributed by atoms with Gasteiger partial charge in [0.05, 0.1) is 7.11 Å². The number of carbonyl (C=O) groups is 2. The summed E-state index contributed by atoms with van der Waals surface area (Å²) in [7, 11) is 1.35. The number of hydrogen-bond acceptors (Lipinski definition) is 3. The molecule has 0 heterocycles. The molecular formula is C22H41NO3. The Balaban J connectivity index is 3.58. The Morgan fingerprint density at radius 3 is 1.96 bits per heavy atom. The van der Waals surface area contributed by atoms with Crippen LogP contribution in [0.15, 0.2) is 12.2 Å². The summed E-state index contributed by atoms with van der Waals surface area (Å²) in [6.07, 6.45) is 18.4. The number of allylic oxidation sites excluding steroid dienone is 2. The smallest absolute Gasteiger partial charge is 0.328 e. The Morgan fingerprint density at radius 2 is 1.42 bits per heavy atom. The minimum absolute atomic E-state index is 0.0334. The van der Waals surface area contributed by atoms with Gasteiger partial charge in [0.15, 0.2) is 0 Å². The van der Waals surface area contributed by atoms with Gasteiger partial charge in [0, 0.05) is 6.42 Å². The lowest BCUT2D eigenvalue weighted by atomic mass is 10.0. The van der Waals surface area contributed by atoms with Crippen LogP contribution in [0.2, 0.25) is 0 Å². The van der Waals surface area contributed by atoms with Crippen molar-refractivity contribution < 1.29 is 14.3 Å². The molecule has 1 unspecified atom stereocenters. The molecule has 0 saturated carbocycles. The molecule has 152 valence electrons. The third-order valence-corrected chi connectivity index (χ3v) is 4.60. The first-order valence-corrected chi connectivity index (χ1v) is 10.5. The van der Waals surface area contributed by atoms with Crippen molar-refractivity contribution in [2.24, 2.45) is 5.92 Å². The van der Waals surface area contributed by atoms with Gasteiger partial charge in [-0.25, -0.2) is 4.79 Å². The Morgan fingerprint density at radius 1 is 0.885 bits per heavy atom. The fourth-order valence-electron chi connectivity index (χ4n) is 2.87. The molecule has 0 aliphatic heterocycles. The van der Waals surface area contributed by atoms with E-state index in [0.29, 0.717) is 6.42 Å². The highest BCUT2D eigenvalue weighted by atomic mass is 16.5. The Bertz CT molecular complexity index is 391. The van der Waals surface area contributed by atoms with Crippen LogP contribution in [0.4, 0.5) is 0 Å². The summed E-state index contributed by atoms with van der Waals surface area (Å²) in [5, 5.41) is 2.79. The minimum atomic E-state index is -0.541. The average molecular weight is 368 g/mol. The van der Waals surface area contributed by atoms with Gasteiger partial charge in [0.1, 0.15) is 6.04 Å². The van der Waals surface area contributed by atoms with Gasteiger partial charge in [-0.1, -0.05) is 71.4 Å². The van der Waals surface area contributed by atoms with Crippen LogP contribution in [0.25, 0.3) is 0 Å². The van der Waals surface area contributed by atoms with E-state index < -0.39 is 6.04 Å². The van der Waals surface area contributed by atoms with Crippen molar-refractivity contribution in [1.29, 1.82) is 0 Å². The summed E-state index contributed by atoms with van der Waals surface area (Å²) < 4.78 is 4.74. The minimum Gasteiger partial charge on any atom is -0.467 e.